The van der Waals surface area contributed by atoms with Gasteiger partial charge in [-0.15, -0.1) is 0 Å². The van der Waals surface area contributed by atoms with Gasteiger partial charge in [0.2, 0.25) is 5.91 Å². The average molecular weight is 261 g/mol. The van der Waals surface area contributed by atoms with Gasteiger partial charge in [0.25, 0.3) is 0 Å². The quantitative estimate of drug-likeness (QED) is 0.702. The molecule has 2 atom stereocenters. The Morgan fingerprint density at radius 3 is 2.63 bits per heavy atom. The van der Waals surface area contributed by atoms with Crippen molar-refractivity contribution in [1.29, 1.82) is 0 Å². The molecule has 0 spiro atoms. The Morgan fingerprint density at radius 2 is 2.00 bits per heavy atom. The number of hydrogen-bond acceptors (Lipinski definition) is 3. The fraction of sp³-hybridized carbons (Fsp3) is 0.533. The first-order valence-electron chi connectivity index (χ1n) is 7.02. The molecule has 0 saturated heterocycles. The molecule has 0 aromatic heterocycles. The molecule has 0 bridgehead atoms. The minimum Gasteiger partial charge on any atom is -0.399 e. The van der Waals surface area contributed by atoms with Crippen molar-refractivity contribution >= 4 is 11.6 Å². The zero-order chi connectivity index (χ0) is 13.7. The second-order valence-corrected chi connectivity index (χ2v) is 5.40. The number of carbonyl (C=O) groups is 1. The molecule has 0 radical (unpaired) electrons. The van der Waals surface area contributed by atoms with Gasteiger partial charge in [0.1, 0.15) is 0 Å². The minimum atomic E-state index is 0.123. The third-order valence-electron chi connectivity index (χ3n) is 3.88. The standard InChI is InChI=1S/C15H23N3O/c16-13-6-4-11(5-7-13)8-9-18-15(19)10-12-2-1-3-14(12)17/h4-7,12,14H,1-3,8-10,16-17H2,(H,18,19)/t12-,14+/m0/s1. The van der Waals surface area contributed by atoms with E-state index < -0.39 is 0 Å². The van der Waals surface area contributed by atoms with Crippen molar-refractivity contribution < 1.29 is 4.79 Å². The van der Waals surface area contributed by atoms with Gasteiger partial charge < -0.3 is 16.8 Å². The first kappa shape index (κ1) is 13.9. The Bertz CT molecular complexity index is 416. The molecule has 1 amide bonds. The third kappa shape index (κ3) is 4.24. The van der Waals surface area contributed by atoms with Gasteiger partial charge in [-0.25, -0.2) is 0 Å². The lowest BCUT2D eigenvalue weighted by Crippen LogP contribution is -2.32. The van der Waals surface area contributed by atoms with E-state index in [9.17, 15) is 4.79 Å². The summed E-state index contributed by atoms with van der Waals surface area (Å²) in [6.07, 6.45) is 4.71. The molecule has 5 N–H and O–H groups in total. The maximum Gasteiger partial charge on any atom is 0.220 e. The molecule has 1 aromatic rings. The van der Waals surface area contributed by atoms with Gasteiger partial charge in [-0.3, -0.25) is 4.79 Å². The van der Waals surface area contributed by atoms with E-state index in [0.717, 1.165) is 31.4 Å². The van der Waals surface area contributed by atoms with Crippen LogP contribution in [0.2, 0.25) is 0 Å². The Labute approximate surface area is 114 Å². The molecule has 0 aliphatic heterocycles. The van der Waals surface area contributed by atoms with Crippen LogP contribution < -0.4 is 16.8 Å². The number of nitrogens with two attached hydrogens (primary N) is 2. The monoisotopic (exact) mass is 261 g/mol. The number of benzene rings is 1. The average Bonchev–Trinajstić information content (AvgIpc) is 2.78. The predicted octanol–water partition coefficient (Wildman–Crippen LogP) is 1.44. The van der Waals surface area contributed by atoms with Crippen LogP contribution >= 0.6 is 0 Å². The summed E-state index contributed by atoms with van der Waals surface area (Å²) in [6, 6.07) is 7.97. The number of anilines is 1. The molecule has 19 heavy (non-hydrogen) atoms. The van der Waals surface area contributed by atoms with Crippen molar-refractivity contribution in [2.75, 3.05) is 12.3 Å². The maximum atomic E-state index is 11.8. The normalized spacial score (nSPS) is 22.4. The minimum absolute atomic E-state index is 0.123. The number of nitrogen functional groups attached to an aromatic ring is 1. The Hall–Kier alpha value is -1.55. The van der Waals surface area contributed by atoms with Gasteiger partial charge >= 0.3 is 0 Å². The molecule has 1 aliphatic rings. The Balaban J connectivity index is 1.67. The summed E-state index contributed by atoms with van der Waals surface area (Å²) in [4.78, 5) is 11.8. The van der Waals surface area contributed by atoms with Crippen LogP contribution in [0.5, 0.6) is 0 Å². The van der Waals surface area contributed by atoms with E-state index in [0.29, 0.717) is 18.9 Å². The maximum absolute atomic E-state index is 11.8. The first-order chi connectivity index (χ1) is 9.15. The highest BCUT2D eigenvalue weighted by atomic mass is 16.1. The highest BCUT2D eigenvalue weighted by molar-refractivity contribution is 5.76. The SMILES string of the molecule is Nc1ccc(CCNC(=O)C[C@@H]2CCC[C@H]2N)cc1. The second kappa shape index (κ2) is 6.57. The van der Waals surface area contributed by atoms with Crippen LogP contribution in [0, 0.1) is 5.92 Å². The van der Waals surface area contributed by atoms with Gasteiger partial charge in [0.15, 0.2) is 0 Å². The van der Waals surface area contributed by atoms with Crippen molar-refractivity contribution in [3.8, 4) is 0 Å². The van der Waals surface area contributed by atoms with Gasteiger partial charge in [-0.1, -0.05) is 18.6 Å². The molecule has 2 rings (SSSR count). The second-order valence-electron chi connectivity index (χ2n) is 5.40. The fourth-order valence-corrected chi connectivity index (χ4v) is 2.66. The number of carbonyl (C=O) groups excluding carboxylic acids is 1. The largest absolute Gasteiger partial charge is 0.399 e. The van der Waals surface area contributed by atoms with E-state index in [2.05, 4.69) is 5.32 Å². The lowest BCUT2D eigenvalue weighted by molar-refractivity contribution is -0.122. The molecule has 104 valence electrons. The smallest absolute Gasteiger partial charge is 0.220 e. The van der Waals surface area contributed by atoms with Gasteiger partial charge in [-0.05, 0) is 42.9 Å². The topological polar surface area (TPSA) is 81.1 Å². The van der Waals surface area contributed by atoms with Crippen LogP contribution in [0.15, 0.2) is 24.3 Å². The van der Waals surface area contributed by atoms with Crippen molar-refractivity contribution in [3.05, 3.63) is 29.8 Å². The fourth-order valence-electron chi connectivity index (χ4n) is 2.66. The summed E-state index contributed by atoms with van der Waals surface area (Å²) in [5.74, 6) is 0.495. The summed E-state index contributed by atoms with van der Waals surface area (Å²) >= 11 is 0. The molecule has 4 nitrogen and oxygen atoms in total. The van der Waals surface area contributed by atoms with Crippen LogP contribution in [-0.2, 0) is 11.2 Å². The predicted molar refractivity (Wildman–Crippen MR) is 77.5 cm³/mol. The number of amides is 1. The molecule has 0 unspecified atom stereocenters. The highest BCUT2D eigenvalue weighted by Gasteiger charge is 2.25. The van der Waals surface area contributed by atoms with Crippen LogP contribution in [-0.4, -0.2) is 18.5 Å². The summed E-state index contributed by atoms with van der Waals surface area (Å²) in [6.45, 7) is 0.671. The van der Waals surface area contributed by atoms with Crippen LogP contribution in [0.25, 0.3) is 0 Å². The van der Waals surface area contributed by atoms with Gasteiger partial charge in [0, 0.05) is 24.7 Å². The number of hydrogen-bond donors (Lipinski definition) is 3. The number of nitrogens with one attached hydrogen (secondary N) is 1. The molecule has 4 heteroatoms. The van der Waals surface area contributed by atoms with Crippen molar-refractivity contribution in [1.82, 2.24) is 5.32 Å². The Kier molecular flexibility index (Phi) is 4.80. The summed E-state index contributed by atoms with van der Waals surface area (Å²) in [7, 11) is 0. The van der Waals surface area contributed by atoms with E-state index in [1.807, 2.05) is 24.3 Å². The Morgan fingerprint density at radius 1 is 1.26 bits per heavy atom. The van der Waals surface area contributed by atoms with E-state index >= 15 is 0 Å². The lowest BCUT2D eigenvalue weighted by Gasteiger charge is -2.14. The van der Waals surface area contributed by atoms with E-state index in [-0.39, 0.29) is 11.9 Å². The van der Waals surface area contributed by atoms with Crippen molar-refractivity contribution in [3.63, 3.8) is 0 Å². The van der Waals surface area contributed by atoms with E-state index in [1.54, 1.807) is 0 Å². The molecular formula is C15H23N3O. The molecule has 1 fully saturated rings. The zero-order valence-corrected chi connectivity index (χ0v) is 11.3. The summed E-state index contributed by atoms with van der Waals surface area (Å²) in [5.41, 5.74) is 13.5. The summed E-state index contributed by atoms with van der Waals surface area (Å²) in [5, 5.41) is 2.97. The summed E-state index contributed by atoms with van der Waals surface area (Å²) < 4.78 is 0. The lowest BCUT2D eigenvalue weighted by atomic mass is 10.00. The van der Waals surface area contributed by atoms with E-state index in [4.69, 9.17) is 11.5 Å². The van der Waals surface area contributed by atoms with Crippen LogP contribution in [0.3, 0.4) is 0 Å². The van der Waals surface area contributed by atoms with Crippen molar-refractivity contribution in [2.45, 2.75) is 38.1 Å². The first-order valence-corrected chi connectivity index (χ1v) is 7.02. The molecule has 0 heterocycles. The van der Waals surface area contributed by atoms with Crippen LogP contribution in [0.4, 0.5) is 5.69 Å². The van der Waals surface area contributed by atoms with Gasteiger partial charge in [-0.2, -0.15) is 0 Å². The van der Waals surface area contributed by atoms with Crippen molar-refractivity contribution in [2.24, 2.45) is 11.7 Å². The van der Waals surface area contributed by atoms with E-state index in [1.165, 1.54) is 5.56 Å². The highest BCUT2D eigenvalue weighted by Crippen LogP contribution is 2.26. The molecular weight excluding hydrogens is 238 g/mol. The van der Waals surface area contributed by atoms with Gasteiger partial charge in [0.05, 0.1) is 0 Å². The molecule has 1 aliphatic carbocycles. The molecule has 1 saturated carbocycles. The zero-order valence-electron chi connectivity index (χ0n) is 11.3. The van der Waals surface area contributed by atoms with Crippen LogP contribution in [0.1, 0.15) is 31.2 Å². The third-order valence-corrected chi connectivity index (χ3v) is 3.88. The molecule has 1 aromatic carbocycles. The number of rotatable bonds is 5.